The van der Waals surface area contributed by atoms with Crippen LogP contribution in [-0.4, -0.2) is 34.6 Å². The predicted molar refractivity (Wildman–Crippen MR) is 135 cm³/mol. The van der Waals surface area contributed by atoms with Crippen molar-refractivity contribution in [2.45, 2.75) is 19.4 Å². The predicted octanol–water partition coefficient (Wildman–Crippen LogP) is 4.98. The minimum atomic E-state index is -0.555. The molecule has 0 aliphatic rings. The number of rotatable bonds is 9. The van der Waals surface area contributed by atoms with Crippen LogP contribution in [0.1, 0.15) is 33.8 Å². The molecule has 0 aliphatic heterocycles. The fourth-order valence-electron chi connectivity index (χ4n) is 3.36. The van der Waals surface area contributed by atoms with E-state index in [1.165, 1.54) is 11.3 Å². The Hall–Kier alpha value is -3.75. The zero-order valence-electron chi connectivity index (χ0n) is 19.0. The number of aliphatic hydroxyl groups is 1. The largest absolute Gasteiger partial charge is 0.497 e. The lowest BCUT2D eigenvalue weighted by Gasteiger charge is -2.09. The van der Waals surface area contributed by atoms with Crippen LogP contribution in [-0.2, 0) is 6.42 Å². The highest BCUT2D eigenvalue weighted by molar-refractivity contribution is 7.17. The Morgan fingerprint density at radius 3 is 2.71 bits per heavy atom. The molecule has 2 aromatic carbocycles. The van der Waals surface area contributed by atoms with Crippen molar-refractivity contribution in [2.75, 3.05) is 19.0 Å². The molecule has 0 bridgehead atoms. The first-order chi connectivity index (χ1) is 16.5. The lowest BCUT2D eigenvalue weighted by Crippen LogP contribution is -2.24. The summed E-state index contributed by atoms with van der Waals surface area (Å²) in [5.41, 5.74) is 3.46. The van der Waals surface area contributed by atoms with Gasteiger partial charge < -0.3 is 20.5 Å². The van der Waals surface area contributed by atoms with Gasteiger partial charge in [0.1, 0.15) is 5.75 Å². The molecule has 34 heavy (non-hydrogen) atoms. The molecule has 0 spiro atoms. The maximum Gasteiger partial charge on any atom is 0.261 e. The van der Waals surface area contributed by atoms with Crippen LogP contribution < -0.4 is 15.4 Å². The van der Waals surface area contributed by atoms with Crippen molar-refractivity contribution in [1.29, 1.82) is 0 Å². The Kier molecular flexibility index (Phi) is 7.51. The van der Waals surface area contributed by atoms with Crippen LogP contribution in [0.25, 0.3) is 10.6 Å². The topological polar surface area (TPSA) is 96.4 Å². The average Bonchev–Trinajstić information content (AvgIpc) is 3.35. The van der Waals surface area contributed by atoms with Crippen molar-refractivity contribution in [3.05, 3.63) is 88.9 Å². The Labute approximate surface area is 202 Å². The third-order valence-corrected chi connectivity index (χ3v) is 6.33. The zero-order chi connectivity index (χ0) is 23.9. The molecule has 1 atom stereocenters. The fourth-order valence-corrected chi connectivity index (χ4v) is 4.25. The molecule has 1 unspecified atom stereocenters. The van der Waals surface area contributed by atoms with E-state index in [2.05, 4.69) is 20.6 Å². The first-order valence-electron chi connectivity index (χ1n) is 10.9. The van der Waals surface area contributed by atoms with E-state index in [0.29, 0.717) is 17.4 Å². The van der Waals surface area contributed by atoms with E-state index in [1.54, 1.807) is 20.2 Å². The summed E-state index contributed by atoms with van der Waals surface area (Å²) in [6.45, 7) is 2.27. The summed E-state index contributed by atoms with van der Waals surface area (Å²) < 4.78 is 5.17. The normalized spacial score (nSPS) is 11.6. The second-order valence-electron chi connectivity index (χ2n) is 7.71. The molecule has 0 saturated carbocycles. The smallest absolute Gasteiger partial charge is 0.261 e. The van der Waals surface area contributed by atoms with Crippen LogP contribution in [0.3, 0.4) is 0 Å². The van der Waals surface area contributed by atoms with Gasteiger partial charge in [-0.05, 0) is 66.9 Å². The van der Waals surface area contributed by atoms with E-state index < -0.39 is 6.10 Å². The van der Waals surface area contributed by atoms with Crippen LogP contribution >= 0.6 is 11.3 Å². The number of nitrogens with one attached hydrogen (secondary N) is 2. The number of methoxy groups -OCH3 is 1. The van der Waals surface area contributed by atoms with E-state index in [0.717, 1.165) is 39.6 Å². The first kappa shape index (κ1) is 23.4. The number of amides is 1. The Morgan fingerprint density at radius 1 is 1.12 bits per heavy atom. The molecule has 1 amide bonds. The van der Waals surface area contributed by atoms with Gasteiger partial charge in [-0.1, -0.05) is 24.3 Å². The molecule has 2 heterocycles. The van der Waals surface area contributed by atoms with Crippen LogP contribution in [0.5, 0.6) is 5.75 Å². The maximum atomic E-state index is 12.6. The van der Waals surface area contributed by atoms with Gasteiger partial charge in [0.2, 0.25) is 5.95 Å². The monoisotopic (exact) mass is 474 g/mol. The van der Waals surface area contributed by atoms with Gasteiger partial charge in [0.15, 0.2) is 0 Å². The van der Waals surface area contributed by atoms with E-state index >= 15 is 0 Å². The van der Waals surface area contributed by atoms with E-state index in [1.807, 2.05) is 66.7 Å². The number of anilines is 2. The van der Waals surface area contributed by atoms with Gasteiger partial charge in [-0.2, -0.15) is 0 Å². The molecule has 4 rings (SSSR count). The van der Waals surface area contributed by atoms with Crippen molar-refractivity contribution in [1.82, 2.24) is 15.3 Å². The van der Waals surface area contributed by atoms with E-state index in [-0.39, 0.29) is 5.91 Å². The minimum absolute atomic E-state index is 0.105. The van der Waals surface area contributed by atoms with Gasteiger partial charge >= 0.3 is 0 Å². The average molecular weight is 475 g/mol. The molecular formula is C26H26N4O3S. The van der Waals surface area contributed by atoms with Crippen LogP contribution in [0.2, 0.25) is 0 Å². The summed E-state index contributed by atoms with van der Waals surface area (Å²) in [5.74, 6) is 1.15. The second kappa shape index (κ2) is 10.9. The number of ether oxygens (including phenoxy) is 1. The summed E-state index contributed by atoms with van der Waals surface area (Å²) in [4.78, 5) is 23.0. The zero-order valence-corrected chi connectivity index (χ0v) is 19.8. The lowest BCUT2D eigenvalue weighted by molar-refractivity contribution is 0.0958. The van der Waals surface area contributed by atoms with Gasteiger partial charge in [0.05, 0.1) is 28.7 Å². The van der Waals surface area contributed by atoms with E-state index in [4.69, 9.17) is 4.74 Å². The number of aliphatic hydroxyl groups excluding tert-OH is 1. The minimum Gasteiger partial charge on any atom is -0.497 e. The number of benzene rings is 2. The van der Waals surface area contributed by atoms with E-state index in [9.17, 15) is 9.90 Å². The highest BCUT2D eigenvalue weighted by Gasteiger charge is 2.12. The van der Waals surface area contributed by atoms with Crippen LogP contribution in [0, 0.1) is 0 Å². The summed E-state index contributed by atoms with van der Waals surface area (Å²) >= 11 is 1.39. The molecule has 0 saturated heterocycles. The van der Waals surface area contributed by atoms with Crippen molar-refractivity contribution in [3.8, 4) is 16.3 Å². The summed E-state index contributed by atoms with van der Waals surface area (Å²) in [5, 5.41) is 15.9. The molecule has 4 aromatic rings. The second-order valence-corrected chi connectivity index (χ2v) is 8.79. The number of nitrogens with zero attached hydrogens (tertiary/aromatic N) is 2. The quantitative estimate of drug-likeness (QED) is 0.317. The van der Waals surface area contributed by atoms with Crippen molar-refractivity contribution < 1.29 is 14.6 Å². The van der Waals surface area contributed by atoms with Gasteiger partial charge in [0.25, 0.3) is 5.91 Å². The molecule has 0 aliphatic carbocycles. The maximum absolute atomic E-state index is 12.6. The van der Waals surface area contributed by atoms with Crippen molar-refractivity contribution in [3.63, 3.8) is 0 Å². The van der Waals surface area contributed by atoms with Gasteiger partial charge in [-0.15, -0.1) is 11.3 Å². The van der Waals surface area contributed by atoms with Crippen LogP contribution in [0.15, 0.2) is 72.9 Å². The van der Waals surface area contributed by atoms with Crippen molar-refractivity contribution >= 4 is 28.9 Å². The Balaban J connectivity index is 1.37. The number of thiophene rings is 1. The van der Waals surface area contributed by atoms with Gasteiger partial charge in [-0.3, -0.25) is 4.79 Å². The third kappa shape index (κ3) is 5.98. The highest BCUT2D eigenvalue weighted by Crippen LogP contribution is 2.28. The number of aromatic nitrogens is 2. The van der Waals surface area contributed by atoms with Crippen molar-refractivity contribution in [2.24, 2.45) is 0 Å². The molecule has 174 valence electrons. The molecule has 7 nitrogen and oxygen atoms in total. The van der Waals surface area contributed by atoms with Gasteiger partial charge in [0, 0.05) is 18.4 Å². The molecular weight excluding hydrogens is 448 g/mol. The number of hydrogen-bond acceptors (Lipinski definition) is 7. The molecule has 2 aromatic heterocycles. The summed E-state index contributed by atoms with van der Waals surface area (Å²) in [7, 11) is 1.64. The lowest BCUT2D eigenvalue weighted by atomic mass is 10.1. The Bertz CT molecular complexity index is 1250. The van der Waals surface area contributed by atoms with Gasteiger partial charge in [-0.25, -0.2) is 9.97 Å². The first-order valence-corrected chi connectivity index (χ1v) is 11.7. The number of carbonyl (C=O) groups is 1. The third-order valence-electron chi connectivity index (χ3n) is 5.22. The SMILES string of the molecule is COc1ccc(CCNC(=O)c2ccc(-c3ccnc(Nc4cccc(C(C)O)c4)n3)s2)cc1. The Morgan fingerprint density at radius 2 is 1.94 bits per heavy atom. The molecule has 3 N–H and O–H groups in total. The number of hydrogen-bond donors (Lipinski definition) is 3. The molecule has 0 radical (unpaired) electrons. The molecule has 0 fully saturated rings. The fraction of sp³-hybridized carbons (Fsp3) is 0.192. The van der Waals surface area contributed by atoms with Crippen LogP contribution in [0.4, 0.5) is 11.6 Å². The molecule has 8 heteroatoms. The standard InChI is InChI=1S/C26H26N4O3S/c1-17(31)19-4-3-5-20(16-19)29-26-28-15-13-22(30-26)23-10-11-24(34-23)25(32)27-14-12-18-6-8-21(33-2)9-7-18/h3-11,13,15-17,31H,12,14H2,1-2H3,(H,27,32)(H,28,29,30). The number of carbonyl (C=O) groups excluding carboxylic acids is 1. The summed E-state index contributed by atoms with van der Waals surface area (Å²) in [6, 6.07) is 20.8. The summed E-state index contributed by atoms with van der Waals surface area (Å²) in [6.07, 6.45) is 1.86. The highest BCUT2D eigenvalue weighted by atomic mass is 32.1.